The van der Waals surface area contributed by atoms with Crippen LogP contribution < -0.4 is 14.2 Å². The van der Waals surface area contributed by atoms with Crippen LogP contribution in [0.5, 0.6) is 17.2 Å². The van der Waals surface area contributed by atoms with E-state index in [1.807, 2.05) is 57.2 Å². The van der Waals surface area contributed by atoms with Crippen molar-refractivity contribution in [2.24, 2.45) is 0 Å². The number of carbonyl (C=O) groups is 1. The van der Waals surface area contributed by atoms with Crippen molar-refractivity contribution in [1.82, 2.24) is 9.97 Å². The summed E-state index contributed by atoms with van der Waals surface area (Å²) in [5.74, 6) is 2.17. The van der Waals surface area contributed by atoms with Crippen LogP contribution >= 0.6 is 0 Å². The van der Waals surface area contributed by atoms with E-state index < -0.39 is 5.60 Å². The predicted molar refractivity (Wildman–Crippen MR) is 153 cm³/mol. The summed E-state index contributed by atoms with van der Waals surface area (Å²) in [4.78, 5) is 21.1. The van der Waals surface area contributed by atoms with Gasteiger partial charge in [-0.2, -0.15) is 5.26 Å². The number of ether oxygens (including phenoxy) is 5. The van der Waals surface area contributed by atoms with E-state index in [4.69, 9.17) is 28.7 Å². The van der Waals surface area contributed by atoms with Crippen LogP contribution in [0.4, 0.5) is 0 Å². The van der Waals surface area contributed by atoms with Gasteiger partial charge in [-0.15, -0.1) is 0 Å². The molecule has 9 nitrogen and oxygen atoms in total. The normalized spacial score (nSPS) is 13.7. The summed E-state index contributed by atoms with van der Waals surface area (Å²) in [6, 6.07) is 15.3. The summed E-state index contributed by atoms with van der Waals surface area (Å²) in [6.07, 6.45) is 4.71. The highest BCUT2D eigenvalue weighted by atomic mass is 16.6. The van der Waals surface area contributed by atoms with Crippen molar-refractivity contribution in [3.8, 4) is 34.6 Å². The Hall–Kier alpha value is -4.16. The summed E-state index contributed by atoms with van der Waals surface area (Å²) in [7, 11) is 1.59. The largest absolute Gasteiger partial charge is 0.493 e. The van der Waals surface area contributed by atoms with Gasteiger partial charge in [0.2, 0.25) is 0 Å². The number of hydrogen-bond acceptors (Lipinski definition) is 9. The smallest absolute Gasteiger partial charge is 0.306 e. The number of carbonyl (C=O) groups excluding carboxylic acids is 1. The predicted octanol–water partition coefficient (Wildman–Crippen LogP) is 5.67. The summed E-state index contributed by atoms with van der Waals surface area (Å²) in [5, 5.41) is 9.74. The van der Waals surface area contributed by atoms with Crippen molar-refractivity contribution >= 4 is 5.97 Å². The Kier molecular flexibility index (Phi) is 10.1. The van der Waals surface area contributed by atoms with E-state index in [0.29, 0.717) is 61.3 Å². The molecule has 0 atom stereocenters. The first kappa shape index (κ1) is 29.8. The maximum atomic E-state index is 11.9. The first-order valence-corrected chi connectivity index (χ1v) is 13.9. The monoisotopic (exact) mass is 559 g/mol. The molecule has 216 valence electrons. The molecular formula is C32H37N3O6. The van der Waals surface area contributed by atoms with Crippen LogP contribution in [0.3, 0.4) is 0 Å². The number of benzene rings is 2. The Morgan fingerprint density at radius 3 is 2.59 bits per heavy atom. The Bertz CT molecular complexity index is 1370. The van der Waals surface area contributed by atoms with Crippen molar-refractivity contribution in [1.29, 1.82) is 5.26 Å². The van der Waals surface area contributed by atoms with Crippen molar-refractivity contribution < 1.29 is 28.5 Å². The van der Waals surface area contributed by atoms with Gasteiger partial charge in [0.05, 0.1) is 38.2 Å². The zero-order valence-corrected chi connectivity index (χ0v) is 24.1. The Labute approximate surface area is 241 Å². The number of aromatic nitrogens is 2. The fraction of sp³-hybridized carbons (Fsp3) is 0.438. The lowest BCUT2D eigenvalue weighted by Gasteiger charge is -2.23. The molecule has 2 heterocycles. The maximum Gasteiger partial charge on any atom is 0.306 e. The van der Waals surface area contributed by atoms with Gasteiger partial charge in [0.25, 0.3) is 0 Å². The van der Waals surface area contributed by atoms with Crippen molar-refractivity contribution in [2.75, 3.05) is 26.9 Å². The van der Waals surface area contributed by atoms with Gasteiger partial charge in [0, 0.05) is 37.4 Å². The molecule has 1 fully saturated rings. The molecule has 1 saturated heterocycles. The van der Waals surface area contributed by atoms with Crippen LogP contribution in [0.15, 0.2) is 48.7 Å². The summed E-state index contributed by atoms with van der Waals surface area (Å²) < 4.78 is 28.2. The van der Waals surface area contributed by atoms with Crippen LogP contribution in [0.25, 0.3) is 11.3 Å². The minimum absolute atomic E-state index is 0.0540. The molecule has 0 bridgehead atoms. The van der Waals surface area contributed by atoms with E-state index in [1.54, 1.807) is 19.4 Å². The van der Waals surface area contributed by atoms with Gasteiger partial charge in [0.15, 0.2) is 11.5 Å². The average molecular weight is 560 g/mol. The fourth-order valence-electron chi connectivity index (χ4n) is 4.41. The van der Waals surface area contributed by atoms with Crippen LogP contribution in [0, 0.1) is 11.3 Å². The lowest BCUT2D eigenvalue weighted by Crippen LogP contribution is -2.26. The first-order chi connectivity index (χ1) is 19.7. The van der Waals surface area contributed by atoms with E-state index in [0.717, 1.165) is 29.7 Å². The zero-order valence-electron chi connectivity index (χ0n) is 24.1. The third kappa shape index (κ3) is 8.92. The van der Waals surface area contributed by atoms with Gasteiger partial charge in [-0.25, -0.2) is 9.97 Å². The third-order valence-electron chi connectivity index (χ3n) is 6.36. The number of hydrogen-bond donors (Lipinski definition) is 0. The fourth-order valence-corrected chi connectivity index (χ4v) is 4.41. The van der Waals surface area contributed by atoms with Gasteiger partial charge in [0.1, 0.15) is 29.3 Å². The van der Waals surface area contributed by atoms with Crippen LogP contribution in [0.1, 0.15) is 63.4 Å². The van der Waals surface area contributed by atoms with Crippen molar-refractivity contribution in [3.63, 3.8) is 0 Å². The minimum atomic E-state index is -0.496. The van der Waals surface area contributed by atoms with Gasteiger partial charge < -0.3 is 23.7 Å². The van der Waals surface area contributed by atoms with Crippen LogP contribution in [-0.4, -0.2) is 54.6 Å². The highest BCUT2D eigenvalue weighted by Gasteiger charge is 2.18. The van der Waals surface area contributed by atoms with Crippen molar-refractivity contribution in [3.05, 3.63) is 65.6 Å². The van der Waals surface area contributed by atoms with E-state index >= 15 is 0 Å². The van der Waals surface area contributed by atoms with Crippen molar-refractivity contribution in [2.45, 2.75) is 64.6 Å². The number of nitrogens with zero attached hydrogens (tertiary/aromatic N) is 3. The van der Waals surface area contributed by atoms with Crippen LogP contribution in [0.2, 0.25) is 0 Å². The molecule has 41 heavy (non-hydrogen) atoms. The average Bonchev–Trinajstić information content (AvgIpc) is 2.96. The van der Waals surface area contributed by atoms with E-state index in [-0.39, 0.29) is 18.5 Å². The quantitative estimate of drug-likeness (QED) is 0.216. The van der Waals surface area contributed by atoms with E-state index in [9.17, 15) is 10.1 Å². The van der Waals surface area contributed by atoms with Gasteiger partial charge >= 0.3 is 5.97 Å². The van der Waals surface area contributed by atoms with Gasteiger partial charge in [-0.05, 0) is 69.2 Å². The summed E-state index contributed by atoms with van der Waals surface area (Å²) in [6.45, 7) is 7.26. The molecule has 0 N–H and O–H groups in total. The third-order valence-corrected chi connectivity index (χ3v) is 6.36. The molecule has 0 saturated carbocycles. The summed E-state index contributed by atoms with van der Waals surface area (Å²) in [5.41, 5.74) is 2.47. The first-order valence-electron chi connectivity index (χ1n) is 13.9. The SMILES string of the molecule is COc1cc(Cc2nccc(-c3ccc(OC4CCOCC4)c(C#N)c3)n2)ccc1OCCCC(=O)OC(C)(C)C. The molecule has 0 aliphatic carbocycles. The molecular weight excluding hydrogens is 522 g/mol. The summed E-state index contributed by atoms with van der Waals surface area (Å²) >= 11 is 0. The second kappa shape index (κ2) is 14.0. The molecule has 1 aromatic heterocycles. The molecule has 0 unspecified atom stereocenters. The number of esters is 1. The molecule has 3 aromatic rings. The molecule has 0 radical (unpaired) electrons. The standard InChI is InChI=1S/C32H37N3O6/c1-32(2,3)41-31(36)6-5-15-39-28-9-7-22(18-29(28)37-4)19-30-34-14-11-26(35-30)23-8-10-27(24(20-23)21-33)40-25-12-16-38-17-13-25/h7-11,14,18,20,25H,5-6,12-13,15-17,19H2,1-4H3. The Balaban J connectivity index is 1.38. The Morgan fingerprint density at radius 2 is 1.85 bits per heavy atom. The van der Waals surface area contributed by atoms with Crippen LogP contribution in [-0.2, 0) is 20.7 Å². The topological polar surface area (TPSA) is 113 Å². The molecule has 4 rings (SSSR count). The van der Waals surface area contributed by atoms with E-state index in [1.165, 1.54) is 0 Å². The molecule has 1 aliphatic heterocycles. The van der Waals surface area contributed by atoms with Gasteiger partial charge in [-0.3, -0.25) is 4.79 Å². The van der Waals surface area contributed by atoms with Gasteiger partial charge in [-0.1, -0.05) is 6.07 Å². The molecule has 1 aliphatic rings. The zero-order chi connectivity index (χ0) is 29.2. The second-order valence-corrected chi connectivity index (χ2v) is 10.8. The Morgan fingerprint density at radius 1 is 1.07 bits per heavy atom. The molecule has 0 spiro atoms. The lowest BCUT2D eigenvalue weighted by atomic mass is 10.1. The number of rotatable bonds is 11. The second-order valence-electron chi connectivity index (χ2n) is 10.8. The number of methoxy groups -OCH3 is 1. The molecule has 9 heteroatoms. The molecule has 2 aromatic carbocycles. The highest BCUT2D eigenvalue weighted by molar-refractivity contribution is 5.69. The maximum absolute atomic E-state index is 11.9. The number of nitriles is 1. The minimum Gasteiger partial charge on any atom is -0.493 e. The highest BCUT2D eigenvalue weighted by Crippen LogP contribution is 2.30. The van der Waals surface area contributed by atoms with E-state index in [2.05, 4.69) is 11.1 Å². The lowest BCUT2D eigenvalue weighted by molar-refractivity contribution is -0.155. The molecule has 0 amide bonds.